The van der Waals surface area contributed by atoms with E-state index >= 15 is 0 Å². The van der Waals surface area contributed by atoms with E-state index in [-0.39, 0.29) is 0 Å². The number of nitrogens with one attached hydrogen (secondary N) is 1. The van der Waals surface area contributed by atoms with Gasteiger partial charge in [0.05, 0.1) is 11.6 Å². The summed E-state index contributed by atoms with van der Waals surface area (Å²) in [5.74, 6) is 0.730. The van der Waals surface area contributed by atoms with E-state index in [4.69, 9.17) is 5.26 Å². The van der Waals surface area contributed by atoms with Crippen LogP contribution in [0.15, 0.2) is 46.1 Å². The number of aromatic nitrogens is 2. The SMILES string of the molecule is N#Cc1ccccc1CSc1nnc(NCCc2cccs2)s1. The highest BCUT2D eigenvalue weighted by Gasteiger charge is 2.07. The average molecular weight is 359 g/mol. The van der Waals surface area contributed by atoms with Crippen LogP contribution in [0, 0.1) is 11.3 Å². The second kappa shape index (κ2) is 8.11. The number of nitrogens with zero attached hydrogens (tertiary/aromatic N) is 3. The molecule has 0 fully saturated rings. The molecule has 0 atom stereocenters. The summed E-state index contributed by atoms with van der Waals surface area (Å²) in [7, 11) is 0. The van der Waals surface area contributed by atoms with Crippen molar-refractivity contribution in [1.82, 2.24) is 10.2 Å². The van der Waals surface area contributed by atoms with Crippen molar-refractivity contribution in [2.75, 3.05) is 11.9 Å². The van der Waals surface area contributed by atoms with Gasteiger partial charge in [0, 0.05) is 17.2 Å². The van der Waals surface area contributed by atoms with Crippen LogP contribution >= 0.6 is 34.4 Å². The van der Waals surface area contributed by atoms with Crippen LogP contribution in [0.1, 0.15) is 16.0 Å². The largest absolute Gasteiger partial charge is 0.360 e. The maximum atomic E-state index is 9.10. The zero-order valence-electron chi connectivity index (χ0n) is 12.2. The topological polar surface area (TPSA) is 61.6 Å². The van der Waals surface area contributed by atoms with Crippen molar-refractivity contribution in [2.45, 2.75) is 16.5 Å². The van der Waals surface area contributed by atoms with Crippen LogP contribution in [0.2, 0.25) is 0 Å². The van der Waals surface area contributed by atoms with E-state index in [1.807, 2.05) is 24.3 Å². The molecule has 0 saturated heterocycles. The number of benzene rings is 1. The van der Waals surface area contributed by atoms with Gasteiger partial charge in [0.15, 0.2) is 4.34 Å². The fourth-order valence-electron chi connectivity index (χ4n) is 1.98. The molecule has 23 heavy (non-hydrogen) atoms. The first-order valence-corrected chi connectivity index (χ1v) is 9.74. The lowest BCUT2D eigenvalue weighted by Crippen LogP contribution is -2.03. The first-order chi connectivity index (χ1) is 11.3. The summed E-state index contributed by atoms with van der Waals surface area (Å²) < 4.78 is 0.913. The van der Waals surface area contributed by atoms with E-state index in [9.17, 15) is 0 Å². The smallest absolute Gasteiger partial charge is 0.206 e. The lowest BCUT2D eigenvalue weighted by atomic mass is 10.1. The number of nitriles is 1. The number of thioether (sulfide) groups is 1. The third-order valence-electron chi connectivity index (χ3n) is 3.12. The van der Waals surface area contributed by atoms with Gasteiger partial charge in [0.2, 0.25) is 5.13 Å². The molecule has 0 amide bonds. The van der Waals surface area contributed by atoms with Crippen LogP contribution in [0.3, 0.4) is 0 Å². The van der Waals surface area contributed by atoms with Gasteiger partial charge in [-0.2, -0.15) is 5.26 Å². The van der Waals surface area contributed by atoms with E-state index < -0.39 is 0 Å². The van der Waals surface area contributed by atoms with E-state index in [2.05, 4.69) is 39.1 Å². The van der Waals surface area contributed by atoms with Crippen molar-refractivity contribution in [3.63, 3.8) is 0 Å². The van der Waals surface area contributed by atoms with Crippen LogP contribution in [0.4, 0.5) is 5.13 Å². The van der Waals surface area contributed by atoms with E-state index in [1.54, 1.807) is 34.4 Å². The zero-order chi connectivity index (χ0) is 15.9. The average Bonchev–Trinajstić information content (AvgIpc) is 3.25. The third kappa shape index (κ3) is 4.55. The number of rotatable bonds is 7. The predicted molar refractivity (Wildman–Crippen MR) is 97.1 cm³/mol. The molecule has 1 N–H and O–H groups in total. The van der Waals surface area contributed by atoms with Gasteiger partial charge in [-0.15, -0.1) is 21.5 Å². The summed E-state index contributed by atoms with van der Waals surface area (Å²) in [6.07, 6.45) is 0.995. The summed E-state index contributed by atoms with van der Waals surface area (Å²) in [5.41, 5.74) is 1.75. The summed E-state index contributed by atoms with van der Waals surface area (Å²) in [4.78, 5) is 1.37. The van der Waals surface area contributed by atoms with Gasteiger partial charge in [-0.25, -0.2) is 0 Å². The van der Waals surface area contributed by atoms with Crippen molar-refractivity contribution in [3.8, 4) is 6.07 Å². The van der Waals surface area contributed by atoms with Crippen LogP contribution < -0.4 is 5.32 Å². The fourth-order valence-corrected chi connectivity index (χ4v) is 4.47. The Bertz CT molecular complexity index is 790. The van der Waals surface area contributed by atoms with E-state index in [0.29, 0.717) is 0 Å². The molecule has 0 aliphatic heterocycles. The molecule has 3 rings (SSSR count). The van der Waals surface area contributed by atoms with Crippen molar-refractivity contribution in [1.29, 1.82) is 5.26 Å². The summed E-state index contributed by atoms with van der Waals surface area (Å²) in [6, 6.07) is 14.1. The molecule has 3 aromatic rings. The molecule has 0 spiro atoms. The van der Waals surface area contributed by atoms with Gasteiger partial charge in [0.25, 0.3) is 0 Å². The number of hydrogen-bond donors (Lipinski definition) is 1. The standard InChI is InChI=1S/C16H14N4S3/c17-10-12-4-1-2-5-13(12)11-22-16-20-19-15(23-16)18-8-7-14-6-3-9-21-14/h1-6,9H,7-8,11H2,(H,18,19). The van der Waals surface area contributed by atoms with Crippen molar-refractivity contribution >= 4 is 39.6 Å². The maximum absolute atomic E-state index is 9.10. The molecular formula is C16H14N4S3. The Balaban J connectivity index is 1.50. The van der Waals surface area contributed by atoms with Crippen molar-refractivity contribution in [2.24, 2.45) is 0 Å². The van der Waals surface area contributed by atoms with E-state index in [1.165, 1.54) is 4.88 Å². The Morgan fingerprint density at radius 3 is 2.91 bits per heavy atom. The number of anilines is 1. The lowest BCUT2D eigenvalue weighted by Gasteiger charge is -2.01. The molecule has 2 heterocycles. The molecule has 2 aromatic heterocycles. The van der Waals surface area contributed by atoms with E-state index in [0.717, 1.165) is 39.3 Å². The predicted octanol–water partition coefficient (Wildman–Crippen LogP) is 4.42. The lowest BCUT2D eigenvalue weighted by molar-refractivity contribution is 0.980. The van der Waals surface area contributed by atoms with Gasteiger partial charge in [-0.3, -0.25) is 0 Å². The summed E-state index contributed by atoms with van der Waals surface area (Å²) >= 11 is 4.93. The molecule has 0 unspecified atom stereocenters. The Morgan fingerprint density at radius 2 is 2.09 bits per heavy atom. The maximum Gasteiger partial charge on any atom is 0.206 e. The number of hydrogen-bond acceptors (Lipinski definition) is 7. The van der Waals surface area contributed by atoms with Crippen LogP contribution in [0.5, 0.6) is 0 Å². The molecule has 0 aliphatic rings. The first kappa shape index (κ1) is 16.0. The first-order valence-electron chi connectivity index (χ1n) is 7.06. The van der Waals surface area contributed by atoms with Crippen molar-refractivity contribution in [3.05, 3.63) is 57.8 Å². The highest BCUT2D eigenvalue weighted by Crippen LogP contribution is 2.29. The van der Waals surface area contributed by atoms with Gasteiger partial charge < -0.3 is 5.32 Å². The second-order valence-electron chi connectivity index (χ2n) is 4.69. The zero-order valence-corrected chi connectivity index (χ0v) is 14.7. The molecule has 1 aromatic carbocycles. The monoisotopic (exact) mass is 358 g/mol. The molecule has 0 bridgehead atoms. The van der Waals surface area contributed by atoms with Crippen LogP contribution in [-0.4, -0.2) is 16.7 Å². The Morgan fingerprint density at radius 1 is 1.17 bits per heavy atom. The van der Waals surface area contributed by atoms with Gasteiger partial charge in [-0.1, -0.05) is 47.4 Å². The van der Waals surface area contributed by atoms with Gasteiger partial charge in [0.1, 0.15) is 0 Å². The minimum atomic E-state index is 0.721. The molecule has 116 valence electrons. The summed E-state index contributed by atoms with van der Waals surface area (Å²) in [5, 5.41) is 23.7. The van der Waals surface area contributed by atoms with Gasteiger partial charge in [-0.05, 0) is 29.5 Å². The van der Waals surface area contributed by atoms with Gasteiger partial charge >= 0.3 is 0 Å². The minimum Gasteiger partial charge on any atom is -0.360 e. The third-order valence-corrected chi connectivity index (χ3v) is 6.12. The highest BCUT2D eigenvalue weighted by atomic mass is 32.2. The molecular weight excluding hydrogens is 344 g/mol. The Kier molecular flexibility index (Phi) is 5.64. The molecule has 0 saturated carbocycles. The normalized spacial score (nSPS) is 10.4. The molecule has 4 nitrogen and oxygen atoms in total. The van der Waals surface area contributed by atoms with Crippen molar-refractivity contribution < 1.29 is 0 Å². The Labute approximate surface area is 147 Å². The summed E-state index contributed by atoms with van der Waals surface area (Å²) in [6.45, 7) is 0.858. The molecule has 0 aliphatic carbocycles. The quantitative estimate of drug-likeness (QED) is 0.634. The highest BCUT2D eigenvalue weighted by molar-refractivity contribution is 8.00. The van der Waals surface area contributed by atoms with Crippen LogP contribution in [-0.2, 0) is 12.2 Å². The minimum absolute atomic E-state index is 0.721. The van der Waals surface area contributed by atoms with Crippen LogP contribution in [0.25, 0.3) is 0 Å². The molecule has 7 heteroatoms. The number of thiophene rings is 1. The molecule has 0 radical (unpaired) electrons. The second-order valence-corrected chi connectivity index (χ2v) is 7.92. The Hall–Kier alpha value is -1.88. The fraction of sp³-hybridized carbons (Fsp3) is 0.188.